The van der Waals surface area contributed by atoms with Crippen molar-refractivity contribution in [2.45, 2.75) is 64.2 Å². The Morgan fingerprint density at radius 1 is 1.25 bits per heavy atom. The minimum atomic E-state index is -0.102. The number of hydrogen-bond donors (Lipinski definition) is 2. The summed E-state index contributed by atoms with van der Waals surface area (Å²) in [4.78, 5) is 0. The minimum absolute atomic E-state index is 0.0307. The largest absolute Gasteiger partial charge is 0.396 e. The quantitative estimate of drug-likeness (QED) is 0.768. The van der Waals surface area contributed by atoms with Gasteiger partial charge in [-0.3, -0.25) is 0 Å². The van der Waals surface area contributed by atoms with Gasteiger partial charge in [-0.1, -0.05) is 0 Å². The van der Waals surface area contributed by atoms with Crippen molar-refractivity contribution in [1.29, 1.82) is 0 Å². The van der Waals surface area contributed by atoms with Gasteiger partial charge in [-0.2, -0.15) is 0 Å². The van der Waals surface area contributed by atoms with Crippen molar-refractivity contribution in [3.05, 3.63) is 0 Å². The molecular formula is C13H25NO2. The van der Waals surface area contributed by atoms with Gasteiger partial charge in [0.2, 0.25) is 0 Å². The molecule has 3 nitrogen and oxygen atoms in total. The van der Waals surface area contributed by atoms with Crippen LogP contribution >= 0.6 is 0 Å². The highest BCUT2D eigenvalue weighted by atomic mass is 16.5. The van der Waals surface area contributed by atoms with Gasteiger partial charge in [0.25, 0.3) is 0 Å². The van der Waals surface area contributed by atoms with E-state index < -0.39 is 0 Å². The molecule has 1 heterocycles. The van der Waals surface area contributed by atoms with Crippen LogP contribution in [0.5, 0.6) is 0 Å². The first-order valence-corrected chi connectivity index (χ1v) is 6.33. The molecule has 0 aromatic heterocycles. The molecule has 94 valence electrons. The summed E-state index contributed by atoms with van der Waals surface area (Å²) in [5, 5.41) is 12.9. The third-order valence-electron chi connectivity index (χ3n) is 4.09. The van der Waals surface area contributed by atoms with Crippen molar-refractivity contribution in [3.8, 4) is 0 Å². The summed E-state index contributed by atoms with van der Waals surface area (Å²) < 4.78 is 6.04. The van der Waals surface area contributed by atoms with Crippen molar-refractivity contribution in [2.75, 3.05) is 13.2 Å². The lowest BCUT2D eigenvalue weighted by molar-refractivity contribution is -0.0701. The summed E-state index contributed by atoms with van der Waals surface area (Å²) in [7, 11) is 0. The van der Waals surface area contributed by atoms with E-state index in [9.17, 15) is 5.11 Å². The first-order chi connectivity index (χ1) is 7.29. The lowest BCUT2D eigenvalue weighted by Crippen LogP contribution is -2.45. The fourth-order valence-corrected chi connectivity index (χ4v) is 2.79. The molecule has 0 bridgehead atoms. The summed E-state index contributed by atoms with van der Waals surface area (Å²) in [6, 6.07) is 0.395. The lowest BCUT2D eigenvalue weighted by Gasteiger charge is -2.29. The van der Waals surface area contributed by atoms with Crippen LogP contribution in [0, 0.1) is 5.41 Å². The van der Waals surface area contributed by atoms with Gasteiger partial charge in [-0.15, -0.1) is 0 Å². The van der Waals surface area contributed by atoms with Gasteiger partial charge in [-0.25, -0.2) is 0 Å². The molecule has 3 heteroatoms. The molecule has 0 radical (unpaired) electrons. The van der Waals surface area contributed by atoms with E-state index in [4.69, 9.17) is 4.74 Å². The number of rotatable bonds is 4. The fraction of sp³-hybridized carbons (Fsp3) is 1.00. The van der Waals surface area contributed by atoms with Crippen molar-refractivity contribution < 1.29 is 9.84 Å². The summed E-state index contributed by atoms with van der Waals surface area (Å²) in [5.74, 6) is 0. The number of aliphatic hydroxyl groups is 1. The Bertz CT molecular complexity index is 269. The molecule has 1 saturated heterocycles. The highest BCUT2D eigenvalue weighted by molar-refractivity contribution is 5.02. The lowest BCUT2D eigenvalue weighted by atomic mass is 9.93. The maximum atomic E-state index is 9.29. The smallest absolute Gasteiger partial charge is 0.0787 e. The van der Waals surface area contributed by atoms with Crippen LogP contribution in [-0.2, 0) is 4.74 Å². The molecule has 2 fully saturated rings. The van der Waals surface area contributed by atoms with Crippen molar-refractivity contribution in [3.63, 3.8) is 0 Å². The average molecular weight is 227 g/mol. The monoisotopic (exact) mass is 227 g/mol. The number of aliphatic hydroxyl groups excluding tert-OH is 1. The predicted octanol–water partition coefficient (Wildman–Crippen LogP) is 1.69. The van der Waals surface area contributed by atoms with Crippen LogP contribution in [0.2, 0.25) is 0 Å². The summed E-state index contributed by atoms with van der Waals surface area (Å²) >= 11 is 0. The SMILES string of the molecule is CC1(C)CC(NCC2(CO)CC2)C(C)(C)O1. The standard InChI is InChI=1S/C13H25NO2/c1-11(2)7-10(12(3,4)16-11)14-8-13(9-15)5-6-13/h10,14-15H,5-9H2,1-4H3. The van der Waals surface area contributed by atoms with Crippen LogP contribution in [0.1, 0.15) is 47.0 Å². The number of hydrogen-bond acceptors (Lipinski definition) is 3. The molecule has 2 aliphatic rings. The molecular weight excluding hydrogens is 202 g/mol. The van der Waals surface area contributed by atoms with E-state index in [-0.39, 0.29) is 16.6 Å². The van der Waals surface area contributed by atoms with Gasteiger partial charge in [0.1, 0.15) is 0 Å². The highest BCUT2D eigenvalue weighted by Crippen LogP contribution is 2.45. The highest BCUT2D eigenvalue weighted by Gasteiger charge is 2.48. The van der Waals surface area contributed by atoms with Crippen LogP contribution in [0.3, 0.4) is 0 Å². The van der Waals surface area contributed by atoms with Gasteiger partial charge in [0, 0.05) is 24.6 Å². The zero-order valence-electron chi connectivity index (χ0n) is 11.0. The molecule has 1 saturated carbocycles. The molecule has 1 atom stereocenters. The van der Waals surface area contributed by atoms with Crippen molar-refractivity contribution in [1.82, 2.24) is 5.32 Å². The zero-order valence-corrected chi connectivity index (χ0v) is 11.0. The van der Waals surface area contributed by atoms with Crippen molar-refractivity contribution >= 4 is 0 Å². The Kier molecular flexibility index (Phi) is 2.84. The molecule has 0 aromatic rings. The number of nitrogens with one attached hydrogen (secondary N) is 1. The summed E-state index contributed by atoms with van der Waals surface area (Å²) in [6.45, 7) is 9.84. The van der Waals surface area contributed by atoms with Crippen LogP contribution in [0.25, 0.3) is 0 Å². The molecule has 0 aromatic carbocycles. The van der Waals surface area contributed by atoms with Crippen LogP contribution in [0.4, 0.5) is 0 Å². The maximum absolute atomic E-state index is 9.29. The minimum Gasteiger partial charge on any atom is -0.396 e. The molecule has 16 heavy (non-hydrogen) atoms. The Morgan fingerprint density at radius 3 is 2.25 bits per heavy atom. The van der Waals surface area contributed by atoms with E-state index in [1.807, 2.05) is 0 Å². The molecule has 1 unspecified atom stereocenters. The summed E-state index contributed by atoms with van der Waals surface area (Å²) in [5.41, 5.74) is 0.0505. The Hall–Kier alpha value is -0.120. The average Bonchev–Trinajstić information content (AvgIpc) is 2.86. The Balaban J connectivity index is 1.90. The van der Waals surface area contributed by atoms with E-state index in [1.54, 1.807) is 0 Å². The second-order valence-corrected chi connectivity index (χ2v) is 6.76. The van der Waals surface area contributed by atoms with Gasteiger partial charge in [-0.05, 0) is 47.0 Å². The molecule has 2 rings (SSSR count). The fourth-order valence-electron chi connectivity index (χ4n) is 2.79. The molecule has 1 aliphatic heterocycles. The van der Waals surface area contributed by atoms with Gasteiger partial charge < -0.3 is 15.2 Å². The number of ether oxygens (including phenoxy) is 1. The molecule has 0 amide bonds. The van der Waals surface area contributed by atoms with Crippen molar-refractivity contribution in [2.24, 2.45) is 5.41 Å². The maximum Gasteiger partial charge on any atom is 0.0787 e. The van der Waals surface area contributed by atoms with E-state index in [0.717, 1.165) is 25.8 Å². The van der Waals surface area contributed by atoms with Crippen LogP contribution in [0.15, 0.2) is 0 Å². The molecule has 2 N–H and O–H groups in total. The van der Waals surface area contributed by atoms with Gasteiger partial charge in [0.15, 0.2) is 0 Å². The first kappa shape index (κ1) is 12.3. The normalized spacial score (nSPS) is 33.9. The molecule has 0 spiro atoms. The third kappa shape index (κ3) is 2.41. The third-order valence-corrected chi connectivity index (χ3v) is 4.09. The topological polar surface area (TPSA) is 41.5 Å². The van der Waals surface area contributed by atoms with E-state index in [1.165, 1.54) is 0 Å². The van der Waals surface area contributed by atoms with E-state index >= 15 is 0 Å². The molecule has 1 aliphatic carbocycles. The van der Waals surface area contributed by atoms with Gasteiger partial charge in [0.05, 0.1) is 11.2 Å². The Labute approximate surface area is 98.6 Å². The van der Waals surface area contributed by atoms with Crippen LogP contribution < -0.4 is 5.32 Å². The Morgan fingerprint density at radius 2 is 1.88 bits per heavy atom. The van der Waals surface area contributed by atoms with E-state index in [2.05, 4.69) is 33.0 Å². The second kappa shape index (κ2) is 3.69. The summed E-state index contributed by atoms with van der Waals surface area (Å²) in [6.07, 6.45) is 3.36. The second-order valence-electron chi connectivity index (χ2n) is 6.76. The first-order valence-electron chi connectivity index (χ1n) is 6.33. The van der Waals surface area contributed by atoms with Gasteiger partial charge >= 0.3 is 0 Å². The van der Waals surface area contributed by atoms with Crippen LogP contribution in [-0.4, -0.2) is 35.5 Å². The zero-order chi connectivity index (χ0) is 12.0. The predicted molar refractivity (Wildman–Crippen MR) is 64.4 cm³/mol. The van der Waals surface area contributed by atoms with E-state index in [0.29, 0.717) is 12.6 Å².